The predicted molar refractivity (Wildman–Crippen MR) is 173 cm³/mol. The molecule has 8 nitrogen and oxygen atoms in total. The number of allylic oxidation sites excluding steroid dienone is 4. The van der Waals surface area contributed by atoms with E-state index < -0.39 is 13.9 Å². The van der Waals surface area contributed by atoms with Crippen LogP contribution in [0.2, 0.25) is 0 Å². The van der Waals surface area contributed by atoms with Crippen molar-refractivity contribution in [1.82, 2.24) is 0 Å². The van der Waals surface area contributed by atoms with E-state index in [0.717, 1.165) is 44.9 Å². The van der Waals surface area contributed by atoms with Gasteiger partial charge in [-0.15, -0.1) is 0 Å². The molecule has 9 heteroatoms. The number of carbonyl (C=O) groups is 1. The van der Waals surface area contributed by atoms with Crippen LogP contribution in [0, 0.1) is 0 Å². The summed E-state index contributed by atoms with van der Waals surface area (Å²) in [6, 6.07) is 0. The number of phosphoric ester groups is 1. The quantitative estimate of drug-likeness (QED) is 0.0332. The highest BCUT2D eigenvalue weighted by molar-refractivity contribution is 7.47. The first-order chi connectivity index (χ1) is 20.4. The fourth-order valence-electron chi connectivity index (χ4n) is 4.31. The van der Waals surface area contributed by atoms with Gasteiger partial charge in [-0.05, 0) is 51.4 Å². The third-order valence-electron chi connectivity index (χ3n) is 6.84. The van der Waals surface area contributed by atoms with Gasteiger partial charge in [0.2, 0.25) is 0 Å². The second-order valence-corrected chi connectivity index (χ2v) is 12.5. The fourth-order valence-corrected chi connectivity index (χ4v) is 5.07. The Morgan fingerprint density at radius 1 is 0.690 bits per heavy atom. The molecule has 0 aromatic carbocycles. The van der Waals surface area contributed by atoms with Crippen molar-refractivity contribution < 1.29 is 32.8 Å². The first-order valence-corrected chi connectivity index (χ1v) is 18.3. The lowest BCUT2D eigenvalue weighted by Gasteiger charge is -2.20. The Bertz CT molecular complexity index is 702. The first-order valence-electron chi connectivity index (χ1n) is 16.8. The Labute approximate surface area is 257 Å². The number of unbranched alkanes of at least 4 members (excludes halogenated alkanes) is 15. The summed E-state index contributed by atoms with van der Waals surface area (Å²) in [6.07, 6.45) is 30.4. The molecule has 0 saturated carbocycles. The number of nitrogens with two attached hydrogens (primary N) is 1. The largest absolute Gasteiger partial charge is 0.472 e. The van der Waals surface area contributed by atoms with Gasteiger partial charge in [-0.1, -0.05) is 109 Å². The number of rotatable bonds is 32. The van der Waals surface area contributed by atoms with Crippen LogP contribution in [-0.4, -0.2) is 49.9 Å². The minimum atomic E-state index is -4.26. The number of carbonyl (C=O) groups excluding carboxylic acids is 1. The molecule has 0 aliphatic carbocycles. The summed E-state index contributed by atoms with van der Waals surface area (Å²) >= 11 is 0. The van der Waals surface area contributed by atoms with Gasteiger partial charge in [-0.25, -0.2) is 4.57 Å². The summed E-state index contributed by atoms with van der Waals surface area (Å²) in [5, 5.41) is 0. The highest BCUT2D eigenvalue weighted by atomic mass is 31.2. The number of ether oxygens (including phenoxy) is 2. The molecule has 0 amide bonds. The van der Waals surface area contributed by atoms with Gasteiger partial charge < -0.3 is 20.1 Å². The Morgan fingerprint density at radius 3 is 1.74 bits per heavy atom. The van der Waals surface area contributed by atoms with Crippen LogP contribution in [0.25, 0.3) is 0 Å². The van der Waals surface area contributed by atoms with E-state index in [2.05, 4.69) is 38.2 Å². The maximum absolute atomic E-state index is 12.4. The van der Waals surface area contributed by atoms with Gasteiger partial charge in [0.25, 0.3) is 0 Å². The summed E-state index contributed by atoms with van der Waals surface area (Å²) < 4.78 is 33.1. The van der Waals surface area contributed by atoms with Crippen molar-refractivity contribution in [2.75, 3.05) is 33.0 Å². The van der Waals surface area contributed by atoms with E-state index in [-0.39, 0.29) is 32.3 Å². The van der Waals surface area contributed by atoms with Crippen LogP contribution in [0.3, 0.4) is 0 Å². The van der Waals surface area contributed by atoms with Gasteiger partial charge in [-0.3, -0.25) is 13.8 Å². The van der Waals surface area contributed by atoms with Crippen LogP contribution >= 0.6 is 7.82 Å². The smallest absolute Gasteiger partial charge is 0.457 e. The van der Waals surface area contributed by atoms with Gasteiger partial charge in [-0.2, -0.15) is 0 Å². The molecule has 2 atom stereocenters. The lowest BCUT2D eigenvalue weighted by molar-refractivity contribution is -0.154. The van der Waals surface area contributed by atoms with Crippen molar-refractivity contribution in [2.24, 2.45) is 5.73 Å². The molecule has 0 bridgehead atoms. The van der Waals surface area contributed by atoms with Crippen LogP contribution in [0.15, 0.2) is 24.3 Å². The third-order valence-corrected chi connectivity index (χ3v) is 7.83. The Kier molecular flexibility index (Phi) is 30.6. The van der Waals surface area contributed by atoms with E-state index in [1.165, 1.54) is 77.0 Å². The van der Waals surface area contributed by atoms with Crippen molar-refractivity contribution in [3.05, 3.63) is 24.3 Å². The topological polar surface area (TPSA) is 117 Å². The van der Waals surface area contributed by atoms with Crippen LogP contribution in [0.1, 0.15) is 142 Å². The molecule has 0 spiro atoms. The third kappa shape index (κ3) is 30.4. The molecule has 0 aliphatic rings. The zero-order valence-electron chi connectivity index (χ0n) is 27.0. The molecule has 0 radical (unpaired) electrons. The standard InChI is InChI=1S/C33H64NO7P/c1-3-5-7-9-11-13-15-17-19-21-23-25-28-38-30-32(31-40-42(36,37)39-29-27-34)41-33(35)26-24-22-20-18-16-14-12-10-8-6-4-2/h9-12,32H,3-8,13-31,34H2,1-2H3,(H,36,37)/b11-9-,12-10-. The normalized spacial score (nSPS) is 14.1. The van der Waals surface area contributed by atoms with Gasteiger partial charge >= 0.3 is 13.8 Å². The molecule has 2 unspecified atom stereocenters. The second-order valence-electron chi connectivity index (χ2n) is 11.0. The van der Waals surface area contributed by atoms with E-state index in [1.54, 1.807) is 0 Å². The first kappa shape index (κ1) is 41.0. The van der Waals surface area contributed by atoms with Crippen molar-refractivity contribution in [3.8, 4) is 0 Å². The lowest BCUT2D eigenvalue weighted by Crippen LogP contribution is -2.28. The Morgan fingerprint density at radius 2 is 1.19 bits per heavy atom. The molecule has 3 N–H and O–H groups in total. The summed E-state index contributed by atoms with van der Waals surface area (Å²) in [4.78, 5) is 22.2. The molecule has 0 rings (SSSR count). The Hall–Kier alpha value is -1.02. The number of hydrogen-bond acceptors (Lipinski definition) is 7. The number of esters is 1. The van der Waals surface area contributed by atoms with E-state index in [9.17, 15) is 14.3 Å². The van der Waals surface area contributed by atoms with E-state index in [1.807, 2.05) is 0 Å². The SMILES string of the molecule is CCCC/C=C\CCCCCCCCOCC(COP(=O)(O)OCCN)OC(=O)CCCCCCC/C=C\CCCC. The lowest BCUT2D eigenvalue weighted by atomic mass is 10.1. The van der Waals surface area contributed by atoms with Gasteiger partial charge in [0.15, 0.2) is 0 Å². The number of hydrogen-bond donors (Lipinski definition) is 2. The van der Waals surface area contributed by atoms with Crippen molar-refractivity contribution in [1.29, 1.82) is 0 Å². The molecule has 0 heterocycles. The highest BCUT2D eigenvalue weighted by Gasteiger charge is 2.25. The fraction of sp³-hybridized carbons (Fsp3) is 0.848. The highest BCUT2D eigenvalue weighted by Crippen LogP contribution is 2.43. The molecule has 0 aromatic rings. The van der Waals surface area contributed by atoms with E-state index in [0.29, 0.717) is 13.0 Å². The minimum absolute atomic E-state index is 0.0977. The molecule has 248 valence electrons. The molecule has 0 saturated heterocycles. The average molecular weight is 618 g/mol. The second kappa shape index (κ2) is 31.4. The van der Waals surface area contributed by atoms with Crippen molar-refractivity contribution in [3.63, 3.8) is 0 Å². The van der Waals surface area contributed by atoms with Crippen LogP contribution in [0.5, 0.6) is 0 Å². The summed E-state index contributed by atoms with van der Waals surface area (Å²) in [6.45, 7) is 4.81. The van der Waals surface area contributed by atoms with Crippen molar-refractivity contribution in [2.45, 2.75) is 148 Å². The molecule has 0 aromatic heterocycles. The van der Waals surface area contributed by atoms with Gasteiger partial charge in [0, 0.05) is 19.6 Å². The van der Waals surface area contributed by atoms with Crippen LogP contribution < -0.4 is 5.73 Å². The molecule has 0 aliphatic heterocycles. The predicted octanol–water partition coefficient (Wildman–Crippen LogP) is 8.96. The molecule has 42 heavy (non-hydrogen) atoms. The van der Waals surface area contributed by atoms with Gasteiger partial charge in [0.1, 0.15) is 6.10 Å². The Balaban J connectivity index is 4.17. The molecular formula is C33H64NO7P. The summed E-state index contributed by atoms with van der Waals surface area (Å²) in [5.74, 6) is -0.345. The zero-order valence-corrected chi connectivity index (χ0v) is 27.9. The van der Waals surface area contributed by atoms with Crippen LogP contribution in [-0.2, 0) is 27.9 Å². The summed E-state index contributed by atoms with van der Waals surface area (Å²) in [7, 11) is -4.26. The van der Waals surface area contributed by atoms with E-state index >= 15 is 0 Å². The maximum Gasteiger partial charge on any atom is 0.472 e. The van der Waals surface area contributed by atoms with Crippen LogP contribution in [0.4, 0.5) is 0 Å². The minimum Gasteiger partial charge on any atom is -0.457 e. The van der Waals surface area contributed by atoms with Crippen molar-refractivity contribution >= 4 is 13.8 Å². The van der Waals surface area contributed by atoms with E-state index in [4.69, 9.17) is 24.3 Å². The maximum atomic E-state index is 12.4. The average Bonchev–Trinajstić information content (AvgIpc) is 2.97. The monoisotopic (exact) mass is 617 g/mol. The molecule has 0 fully saturated rings. The summed E-state index contributed by atoms with van der Waals surface area (Å²) in [5.41, 5.74) is 5.33. The molecular weight excluding hydrogens is 553 g/mol. The number of phosphoric acid groups is 1. The van der Waals surface area contributed by atoms with Gasteiger partial charge in [0.05, 0.1) is 19.8 Å². The zero-order chi connectivity index (χ0) is 31.0.